The van der Waals surface area contributed by atoms with Gasteiger partial charge in [-0.3, -0.25) is 0 Å². The first-order valence-corrected chi connectivity index (χ1v) is 20.3. The van der Waals surface area contributed by atoms with Crippen LogP contribution in [0, 0.1) is 13.8 Å². The number of rotatable bonds is 6. The molecule has 0 unspecified atom stereocenters. The molecule has 0 fully saturated rings. The summed E-state index contributed by atoms with van der Waals surface area (Å²) < 4.78 is 4.62. The van der Waals surface area contributed by atoms with Crippen LogP contribution in [0.5, 0.6) is 0 Å². The largest absolute Gasteiger partial charge is 2.00 e. The minimum Gasteiger partial charge on any atom is -0.657 e. The summed E-state index contributed by atoms with van der Waals surface area (Å²) in [6.45, 7) is 17.9. The van der Waals surface area contributed by atoms with Crippen molar-refractivity contribution in [2.24, 2.45) is 14.1 Å². The van der Waals surface area contributed by atoms with Crippen molar-refractivity contribution in [3.05, 3.63) is 118 Å². The van der Waals surface area contributed by atoms with E-state index >= 15 is 0 Å². The summed E-state index contributed by atoms with van der Waals surface area (Å²) in [5.41, 5.74) is 24.4. The third-order valence-electron chi connectivity index (χ3n) is 12.7. The fourth-order valence-electron chi connectivity index (χ4n) is 9.69. The Bertz CT molecular complexity index is 2820. The quantitative estimate of drug-likeness (QED) is 0.156. The Hall–Kier alpha value is -5.22. The summed E-state index contributed by atoms with van der Waals surface area (Å²) in [5.74, 6) is 0. The van der Waals surface area contributed by atoms with Crippen molar-refractivity contribution >= 4 is 66.2 Å². The van der Waals surface area contributed by atoms with Gasteiger partial charge >= 0.3 is 20.4 Å². The zero-order valence-corrected chi connectivity index (χ0v) is 36.3. The molecule has 0 saturated carbocycles. The normalized spacial score (nSPS) is 13.1. The molecule has 0 radical (unpaired) electrons. The van der Waals surface area contributed by atoms with Crippen molar-refractivity contribution in [1.82, 2.24) is 29.1 Å². The van der Waals surface area contributed by atoms with Gasteiger partial charge in [0, 0.05) is 58.4 Å². The van der Waals surface area contributed by atoms with Gasteiger partial charge in [-0.05, 0) is 99.9 Å². The van der Waals surface area contributed by atoms with E-state index in [1.807, 2.05) is 0 Å². The van der Waals surface area contributed by atoms with E-state index in [0.29, 0.717) is 0 Å². The van der Waals surface area contributed by atoms with Gasteiger partial charge < -0.3 is 19.1 Å². The van der Waals surface area contributed by atoms with E-state index in [4.69, 9.17) is 19.9 Å². The van der Waals surface area contributed by atoms with Crippen LogP contribution in [0.4, 0.5) is 0 Å². The number of hydrogen-bond acceptors (Lipinski definition) is 2. The molecule has 0 amide bonds. The maximum Gasteiger partial charge on any atom is 2.00 e. The second-order valence-electron chi connectivity index (χ2n) is 15.5. The first-order valence-electron chi connectivity index (χ1n) is 20.3. The van der Waals surface area contributed by atoms with E-state index in [0.717, 1.165) is 93.0 Å². The molecule has 2 aromatic carbocycles. The molecule has 7 aromatic rings. The monoisotopic (exact) mass is 840 g/mol. The molecule has 5 aromatic heterocycles. The summed E-state index contributed by atoms with van der Waals surface area (Å²) in [6, 6.07) is 26.4. The maximum absolute atomic E-state index is 5.60. The molecule has 7 heterocycles. The molecule has 0 spiro atoms. The summed E-state index contributed by atoms with van der Waals surface area (Å²) in [6.07, 6.45) is 3.44. The van der Waals surface area contributed by atoms with Crippen LogP contribution in [-0.4, -0.2) is 19.1 Å². The molecule has 7 heteroatoms. The molecule has 290 valence electrons. The predicted octanol–water partition coefficient (Wildman–Crippen LogP) is 12.3. The van der Waals surface area contributed by atoms with Crippen LogP contribution in [0.3, 0.4) is 0 Å². The Morgan fingerprint density at radius 1 is 0.526 bits per heavy atom. The molecule has 0 atom stereocenters. The molecule has 0 saturated heterocycles. The number of aromatic nitrogens is 6. The van der Waals surface area contributed by atoms with Crippen molar-refractivity contribution < 1.29 is 20.4 Å². The second kappa shape index (κ2) is 14.6. The molecule has 57 heavy (non-hydrogen) atoms. The number of aryl methyl sites for hydroxylation is 6. The maximum atomic E-state index is 5.60. The molecular formula is C50H50N6Pd. The van der Waals surface area contributed by atoms with E-state index < -0.39 is 0 Å². The smallest absolute Gasteiger partial charge is 0.657 e. The molecule has 9 rings (SSSR count). The van der Waals surface area contributed by atoms with Gasteiger partial charge in [-0.25, -0.2) is 9.97 Å². The summed E-state index contributed by atoms with van der Waals surface area (Å²) >= 11 is 0. The first kappa shape index (κ1) is 38.6. The van der Waals surface area contributed by atoms with Gasteiger partial charge in [0.05, 0.1) is 22.8 Å². The van der Waals surface area contributed by atoms with Gasteiger partial charge in [-0.1, -0.05) is 98.5 Å². The first-order chi connectivity index (χ1) is 27.1. The zero-order chi connectivity index (χ0) is 39.2. The fraction of sp³-hybridized carbons (Fsp3) is 0.280. The topological polar surface area (TPSA) is 63.8 Å². The van der Waals surface area contributed by atoms with Gasteiger partial charge in [-0.15, -0.1) is 22.1 Å². The van der Waals surface area contributed by atoms with Crippen LogP contribution in [0.15, 0.2) is 72.8 Å². The number of benzene rings is 2. The molecule has 0 aliphatic carbocycles. The molecular weight excluding hydrogens is 791 g/mol. The SMILES string of the molecule is CCC1=C(C)c2nc1cc1[n-]c(c(C)c1CC)c(-c1cc3ccccc3n1C)c1nc(cc3[n-]c(c(C)c3CC)c2-c2cc3ccccc3n2C)C(CC)=C1C.[Pd+2]. The number of fused-ring (bicyclic) bond motifs is 10. The summed E-state index contributed by atoms with van der Waals surface area (Å²) in [4.78, 5) is 22.4. The van der Waals surface area contributed by atoms with Crippen LogP contribution >= 0.6 is 0 Å². The Morgan fingerprint density at radius 3 is 1.26 bits per heavy atom. The average Bonchev–Trinajstić information content (AvgIpc) is 4.01. The van der Waals surface area contributed by atoms with Crippen molar-refractivity contribution in [3.8, 4) is 22.5 Å². The van der Waals surface area contributed by atoms with Crippen LogP contribution in [0.25, 0.3) is 88.7 Å². The Morgan fingerprint density at radius 2 is 0.912 bits per heavy atom. The molecule has 2 aliphatic rings. The number of nitrogens with zero attached hydrogens (tertiary/aromatic N) is 6. The summed E-state index contributed by atoms with van der Waals surface area (Å²) in [5, 5.41) is 2.41. The van der Waals surface area contributed by atoms with Gasteiger partial charge in [0.15, 0.2) is 0 Å². The van der Waals surface area contributed by atoms with E-state index in [9.17, 15) is 0 Å². The summed E-state index contributed by atoms with van der Waals surface area (Å²) in [7, 11) is 4.34. The number of para-hydroxylation sites is 2. The third-order valence-corrected chi connectivity index (χ3v) is 12.7. The van der Waals surface area contributed by atoms with E-state index in [1.165, 1.54) is 66.4 Å². The number of hydrogen-bond donors (Lipinski definition) is 0. The van der Waals surface area contributed by atoms with Crippen LogP contribution in [0.1, 0.15) is 99.4 Å². The Kier molecular flexibility index (Phi) is 9.91. The van der Waals surface area contributed by atoms with Gasteiger partial charge in [0.1, 0.15) is 0 Å². The second-order valence-corrected chi connectivity index (χ2v) is 15.5. The molecule has 8 bridgehead atoms. The average molecular weight is 841 g/mol. The van der Waals surface area contributed by atoms with E-state index in [-0.39, 0.29) is 20.4 Å². The van der Waals surface area contributed by atoms with E-state index in [2.05, 4.69) is 151 Å². The van der Waals surface area contributed by atoms with Gasteiger partial charge in [0.25, 0.3) is 0 Å². The fourth-order valence-corrected chi connectivity index (χ4v) is 9.69. The number of allylic oxidation sites excluding steroid dienone is 4. The van der Waals surface area contributed by atoms with Crippen molar-refractivity contribution in [1.29, 1.82) is 0 Å². The van der Waals surface area contributed by atoms with Crippen molar-refractivity contribution in [2.45, 2.75) is 81.1 Å². The van der Waals surface area contributed by atoms with Gasteiger partial charge in [0.2, 0.25) is 0 Å². The van der Waals surface area contributed by atoms with E-state index in [1.54, 1.807) is 0 Å². The van der Waals surface area contributed by atoms with Crippen molar-refractivity contribution in [3.63, 3.8) is 0 Å². The van der Waals surface area contributed by atoms with Crippen LogP contribution in [-0.2, 0) is 47.4 Å². The molecule has 6 nitrogen and oxygen atoms in total. The Labute approximate surface area is 349 Å². The van der Waals surface area contributed by atoms with Gasteiger partial charge in [-0.2, -0.15) is 0 Å². The molecule has 2 aliphatic heterocycles. The Balaban J connectivity index is 0.00000455. The molecule has 0 N–H and O–H groups in total. The minimum atomic E-state index is 0. The zero-order valence-electron chi connectivity index (χ0n) is 34.8. The standard InChI is InChI=1S/C50H50N6.Pd/c1-11-33-27(5)47-45(43-23-31-19-15-17-21-41(31)55(43)9)48-29(7)35(13-3)39(53-48)26-40-36(14-4)30(8)50(54-40)46(44-24-32-20-16-18-22-42(32)56(44)10)49-28(6)34(12-2)38(52-49)25-37(33)51-47;/h15-26H,11-14H2,1-10H3;/q-2;+2. The predicted molar refractivity (Wildman–Crippen MR) is 237 cm³/mol. The van der Waals surface area contributed by atoms with Crippen molar-refractivity contribution in [2.75, 3.05) is 0 Å². The van der Waals surface area contributed by atoms with Crippen LogP contribution < -0.4 is 9.97 Å². The minimum absolute atomic E-state index is 0. The third kappa shape index (κ3) is 5.77. The van der Waals surface area contributed by atoms with Crippen LogP contribution in [0.2, 0.25) is 0 Å².